The first-order chi connectivity index (χ1) is 69.0. The molecule has 19 heteroatoms. The van der Waals surface area contributed by atoms with Crippen LogP contribution in [0.25, 0.3) is 0 Å². The molecule has 9 aromatic rings. The highest BCUT2D eigenvalue weighted by Crippen LogP contribution is 2.46. The first-order valence-electron chi connectivity index (χ1n) is 53.8. The molecule has 9 saturated carbocycles. The fraction of sp³-hybridized carbons (Fsp3) is 0.500. The minimum atomic E-state index is -0.851. The minimum Gasteiger partial charge on any atom is -0.315 e. The highest BCUT2D eigenvalue weighted by Gasteiger charge is 2.49. The molecule has 10 atom stereocenters. The Hall–Kier alpha value is -9.44. The number of nitrogens with two attached hydrogens (primary N) is 2. The number of aryl methyl sites for hydroxylation is 2. The zero-order valence-electron chi connectivity index (χ0n) is 87.9. The Balaban J connectivity index is 0.000000165. The summed E-state index contributed by atoms with van der Waals surface area (Å²) in [5.41, 5.74) is 20.7. The Bertz CT molecular complexity index is 5370. The van der Waals surface area contributed by atoms with Crippen LogP contribution in [0.1, 0.15) is 333 Å². The molecule has 143 heavy (non-hydrogen) atoms. The van der Waals surface area contributed by atoms with Gasteiger partial charge in [-0.3, -0.25) is 43.3 Å². The Labute approximate surface area is 866 Å². The second-order valence-corrected chi connectivity index (χ2v) is 41.7. The van der Waals surface area contributed by atoms with Crippen molar-refractivity contribution in [2.45, 2.75) is 336 Å². The second kappa shape index (κ2) is 56.5. The third kappa shape index (κ3) is 28.3. The number of nitrogens with one attached hydrogen (secondary N) is 6. The monoisotopic (exact) mass is 1980 g/mol. The van der Waals surface area contributed by atoms with Gasteiger partial charge < -0.3 is 43.4 Å². The summed E-state index contributed by atoms with van der Waals surface area (Å²) in [6, 6.07) is 82.7. The van der Waals surface area contributed by atoms with Crippen LogP contribution in [-0.2, 0) is 88.2 Å². The molecule has 9 aliphatic carbocycles. The molecule has 9 aromatic carbocycles. The van der Waals surface area contributed by atoms with Crippen LogP contribution in [0.3, 0.4) is 0 Å². The van der Waals surface area contributed by atoms with Crippen molar-refractivity contribution in [1.29, 1.82) is 0 Å². The molecule has 17 nitrogen and oxygen atoms in total. The van der Waals surface area contributed by atoms with Crippen molar-refractivity contribution in [3.05, 3.63) is 320 Å². The van der Waals surface area contributed by atoms with Crippen LogP contribution in [0.15, 0.2) is 249 Å². The molecule has 9 aliphatic rings. The first-order valence-corrected chi connectivity index (χ1v) is 54.6. The van der Waals surface area contributed by atoms with Crippen LogP contribution in [-0.4, -0.2) is 106 Å². The number of hydrogen-bond acceptors (Lipinski definition) is 17. The van der Waals surface area contributed by atoms with Crippen LogP contribution in [0.5, 0.6) is 0 Å². The molecule has 0 spiro atoms. The number of rotatable bonds is 21. The summed E-state index contributed by atoms with van der Waals surface area (Å²) >= 11 is 12.3. The van der Waals surface area contributed by atoms with Gasteiger partial charge in [0.2, 0.25) is 0 Å². The van der Waals surface area contributed by atoms with Crippen molar-refractivity contribution in [3.63, 3.8) is 0 Å². The summed E-state index contributed by atoms with van der Waals surface area (Å²) in [5.74, 6) is 3.10. The van der Waals surface area contributed by atoms with Gasteiger partial charge in [-0.25, -0.2) is 0 Å². The smallest absolute Gasteiger partial charge is 0.157 e. The lowest BCUT2D eigenvalue weighted by atomic mass is 9.70. The number of hydrogen-bond donors (Lipinski definition) is 8. The van der Waals surface area contributed by atoms with E-state index in [-0.39, 0.29) is 28.4 Å². The van der Waals surface area contributed by atoms with Crippen molar-refractivity contribution in [2.24, 2.45) is 17.4 Å². The van der Waals surface area contributed by atoms with Crippen molar-refractivity contribution in [2.75, 3.05) is 54.4 Å². The predicted molar refractivity (Wildman–Crippen MR) is 588 cm³/mol. The van der Waals surface area contributed by atoms with Gasteiger partial charge in [0.05, 0.1) is 0 Å². The zero-order valence-corrected chi connectivity index (χ0v) is 89.4. The van der Waals surface area contributed by atoms with Gasteiger partial charge in [0.15, 0.2) is 46.3 Å². The molecule has 10 N–H and O–H groups in total. The summed E-state index contributed by atoms with van der Waals surface area (Å²) in [6.07, 6.45) is 35.8. The molecule has 1 unspecified atom stereocenters. The van der Waals surface area contributed by atoms with Gasteiger partial charge in [-0.1, -0.05) is 364 Å². The van der Waals surface area contributed by atoms with E-state index in [1.165, 1.54) is 47.9 Å². The third-order valence-electron chi connectivity index (χ3n) is 31.8. The Morgan fingerprint density at radius 2 is 0.622 bits per heavy atom. The molecule has 18 rings (SSSR count). The highest BCUT2D eigenvalue weighted by atomic mass is 35.5. The van der Waals surface area contributed by atoms with Crippen LogP contribution in [0.4, 0.5) is 0 Å². The number of benzene rings is 9. The van der Waals surface area contributed by atoms with Gasteiger partial charge in [-0.2, -0.15) is 0 Å². The van der Waals surface area contributed by atoms with Crippen molar-refractivity contribution < 1.29 is 38.4 Å². The van der Waals surface area contributed by atoms with Gasteiger partial charge in [0, 0.05) is 67.0 Å². The fourth-order valence-corrected chi connectivity index (χ4v) is 24.2. The molecule has 0 aromatic heterocycles. The highest BCUT2D eigenvalue weighted by molar-refractivity contribution is 6.32. The van der Waals surface area contributed by atoms with Crippen molar-refractivity contribution >= 4 is 69.5 Å². The van der Waals surface area contributed by atoms with E-state index in [0.717, 1.165) is 225 Å². The lowest BCUT2D eigenvalue weighted by molar-refractivity contribution is -0.133. The molecule has 0 bridgehead atoms. The topological polar surface area (TPSA) is 264 Å². The van der Waals surface area contributed by atoms with Gasteiger partial charge in [-0.15, -0.1) is 0 Å². The summed E-state index contributed by atoms with van der Waals surface area (Å²) in [6.45, 7) is 18.2. The maximum absolute atomic E-state index is 12.4. The number of carbonyl (C=O) groups is 8. The van der Waals surface area contributed by atoms with Gasteiger partial charge in [0.1, 0.15) is 44.3 Å². The average molecular weight is 1980 g/mol. The number of ketones is 8. The van der Waals surface area contributed by atoms with Crippen LogP contribution in [0.2, 0.25) is 10.0 Å². The molecular formula is C124H167Cl2N9O8. The molecule has 0 aliphatic heterocycles. The Morgan fingerprint density at radius 3 is 1.01 bits per heavy atom. The molecule has 0 radical (unpaired) electrons. The van der Waals surface area contributed by atoms with Crippen LogP contribution in [0, 0.1) is 19.8 Å². The maximum Gasteiger partial charge on any atom is 0.157 e. The third-order valence-corrected chi connectivity index (χ3v) is 32.4. The number of Topliss-reactive ketones (excluding diaryl/α,β-unsaturated/α-hetero) is 8. The Morgan fingerprint density at radius 1 is 0.301 bits per heavy atom. The van der Waals surface area contributed by atoms with E-state index >= 15 is 0 Å². The molecule has 9 fully saturated rings. The predicted octanol–water partition coefficient (Wildman–Crippen LogP) is 25.0. The zero-order chi connectivity index (χ0) is 103. The average Bonchev–Trinajstić information content (AvgIpc) is 0.808. The van der Waals surface area contributed by atoms with Crippen LogP contribution < -0.4 is 43.4 Å². The molecule has 770 valence electrons. The lowest BCUT2D eigenvalue weighted by Gasteiger charge is -2.43. The molecule has 0 heterocycles. The number of halogens is 2. The normalized spacial score (nSPS) is 26.4. The molecule has 0 amide bonds. The number of nitrogens with zero attached hydrogens (tertiary/aromatic N) is 1. The van der Waals surface area contributed by atoms with Gasteiger partial charge >= 0.3 is 0 Å². The minimum absolute atomic E-state index is 0.113. The quantitative estimate of drug-likeness (QED) is 0.0332. The van der Waals surface area contributed by atoms with E-state index in [2.05, 4.69) is 176 Å². The summed E-state index contributed by atoms with van der Waals surface area (Å²) in [7, 11) is 8.01. The Kier molecular flexibility index (Phi) is 45.6. The number of likely N-dealkylation sites (N-methyl/N-ethyl adjacent to an activating group) is 5. The van der Waals surface area contributed by atoms with E-state index in [1.54, 1.807) is 6.07 Å². The lowest BCUT2D eigenvalue weighted by Crippen LogP contribution is -2.51. The first kappa shape index (κ1) is 115. The van der Waals surface area contributed by atoms with Crippen LogP contribution >= 0.6 is 23.2 Å². The second-order valence-electron chi connectivity index (χ2n) is 40.9. The van der Waals surface area contributed by atoms with Gasteiger partial charge in [0.25, 0.3) is 0 Å². The number of carbonyl (C=O) groups excluding carboxylic acids is 8. The largest absolute Gasteiger partial charge is 0.315 e. The standard InChI is InChI=1S/3C15H21NO.C14H18ClNO.C14H19NO.C14H21N.C13H17NO.C12H14ClNO.C12H15NO/c1-3-16-15(11-7-6-10-14(15)17)13-9-5-4-8-12(13)2;1-3-16-15(11-5-4-6-14(15)17)13-9-7-12(2)8-10-13;1-2-12-16-15(11-7-6-10-14(15)17)13-8-4-3-5-9-13;1-2-16-14(10-6-5-9-13(14)17)11-7-3-4-8-12(11)15;1-15(2)14(11-7-6-10-13(14)16)12-8-4-3-5-9-12;1-12-8-6-7-11-14(12,15-2)13-9-4-3-5-10-13;1-14-13(10-6-5-9-12(13)15)11-7-3-2-4-8-11;13-10-6-2-1-5-9(10)12(14)8-4-3-7-11(12)15;13-12(9-5-4-8-11(12)14)10-6-2-1-3-7-10/h4-5,8-9,16H,3,6-7,10-11H2,1-2H3;7-10,16H,3-6,11H2,1-2H3;3-5,8-9,16H,2,6-7,10-12H2,1H3;3-4,7-8,16H,2,5-6,9-10H2,1H3;3-5,8-9H,6-7,10-11H2,1-2H3;3-5,9-10,12,15H,6-8,11H2,1-2H3;2-4,7-8,14H,5-6,9-10H2,1H3;1-2,5-6H,3-4,7-8,14H2;1-3,6-7H,4-5,8-9,13H2/t3*15-;2*14-;12?,14-;13-;2*12-/m111110111/s1. The van der Waals surface area contributed by atoms with E-state index in [0.29, 0.717) is 96.7 Å². The molecule has 0 saturated heterocycles. The van der Waals surface area contributed by atoms with Gasteiger partial charge in [-0.05, 0) is 264 Å². The summed E-state index contributed by atoms with van der Waals surface area (Å²) in [5, 5.41) is 21.9. The van der Waals surface area contributed by atoms with E-state index in [4.69, 9.17) is 34.7 Å². The SMILES string of the molecule is CCCN[C@@]1(c2ccccc2)CCCCC1=O.CCN[C@@]1(c2ccc(C)cc2)CCCCC1=O.CCN[C@@]1(c2ccccc2C)CCCCC1=O.CCN[C@@]1(c2ccccc2Cl)CCCCC1=O.CN(C)[C@@]1(c2ccccc2)CCCCC1=O.CN[C@@]1(c2ccccc2)CCCCC1=O.CN[C@@]1(c2ccccc2)CCCCC1C.N[C@@]1(c2ccccc2)CCCCC1=O.N[C@@]1(c2ccccc2Cl)CCCCC1=O. The van der Waals surface area contributed by atoms with Crippen molar-refractivity contribution in [3.8, 4) is 0 Å². The van der Waals surface area contributed by atoms with Crippen molar-refractivity contribution in [1.82, 2.24) is 36.8 Å². The van der Waals surface area contributed by atoms with E-state index < -0.39 is 38.8 Å². The summed E-state index contributed by atoms with van der Waals surface area (Å²) in [4.78, 5) is 99.6. The van der Waals surface area contributed by atoms with E-state index in [1.807, 2.05) is 180 Å². The maximum atomic E-state index is 12.4. The fourth-order valence-electron chi connectivity index (χ4n) is 23.6. The summed E-state index contributed by atoms with van der Waals surface area (Å²) < 4.78 is 0. The molecular weight excluding hydrogens is 1810 g/mol. The van der Waals surface area contributed by atoms with E-state index in [9.17, 15) is 38.4 Å².